The zero-order valence-electron chi connectivity index (χ0n) is 17.1. The minimum atomic E-state index is -0.0300. The Hall–Kier alpha value is -0.600. The van der Waals surface area contributed by atoms with Crippen molar-refractivity contribution in [3.63, 3.8) is 0 Å². The fraction of sp³-hybridized carbons (Fsp3) is 0.818. The van der Waals surface area contributed by atoms with E-state index in [9.17, 15) is 0 Å². The third kappa shape index (κ3) is 4.14. The topological polar surface area (TPSA) is 18.5 Å². The largest absolute Gasteiger partial charge is 0.375 e. The summed E-state index contributed by atoms with van der Waals surface area (Å²) in [5.41, 5.74) is 0.118. The lowest BCUT2D eigenvalue weighted by molar-refractivity contribution is 0.0203. The summed E-state index contributed by atoms with van der Waals surface area (Å²) in [6.45, 7) is 19.9. The molecule has 0 N–H and O–H groups in total. The molecule has 24 heavy (non-hydrogen) atoms. The third-order valence-corrected chi connectivity index (χ3v) is 6.74. The van der Waals surface area contributed by atoms with E-state index in [4.69, 9.17) is 9.47 Å². The van der Waals surface area contributed by atoms with Crippen molar-refractivity contribution >= 4 is 0 Å². The van der Waals surface area contributed by atoms with E-state index in [1.54, 1.807) is 0 Å². The van der Waals surface area contributed by atoms with Gasteiger partial charge in [-0.25, -0.2) is 0 Å². The molecule has 2 unspecified atom stereocenters. The van der Waals surface area contributed by atoms with Crippen LogP contribution < -0.4 is 0 Å². The number of hydrogen-bond acceptors (Lipinski definition) is 2. The zero-order chi connectivity index (χ0) is 18.2. The lowest BCUT2D eigenvalue weighted by atomic mass is 9.66. The van der Waals surface area contributed by atoms with Crippen molar-refractivity contribution in [2.24, 2.45) is 22.7 Å². The average molecular weight is 335 g/mol. The van der Waals surface area contributed by atoms with Crippen LogP contribution in [0.1, 0.15) is 68.2 Å². The van der Waals surface area contributed by atoms with Gasteiger partial charge in [-0.3, -0.25) is 0 Å². The van der Waals surface area contributed by atoms with Gasteiger partial charge in [0.15, 0.2) is 0 Å². The molecule has 2 aliphatic heterocycles. The molecular formula is C22H38O2. The first kappa shape index (κ1) is 19.7. The Balaban J connectivity index is 2.08. The van der Waals surface area contributed by atoms with Gasteiger partial charge in [0.1, 0.15) is 0 Å². The summed E-state index contributed by atoms with van der Waals surface area (Å²) < 4.78 is 11.7. The van der Waals surface area contributed by atoms with Gasteiger partial charge in [0.25, 0.3) is 0 Å². The van der Waals surface area contributed by atoms with Crippen LogP contribution in [0.2, 0.25) is 0 Å². The number of rotatable bonds is 5. The van der Waals surface area contributed by atoms with Gasteiger partial charge in [0, 0.05) is 25.0 Å². The highest BCUT2D eigenvalue weighted by Crippen LogP contribution is 2.44. The second-order valence-electron chi connectivity index (χ2n) is 9.86. The van der Waals surface area contributed by atoms with Crippen LogP contribution in [0.25, 0.3) is 0 Å². The molecule has 2 heterocycles. The van der Waals surface area contributed by atoms with E-state index < -0.39 is 0 Å². The Bertz CT molecular complexity index is 448. The molecule has 2 rings (SSSR count). The summed E-state index contributed by atoms with van der Waals surface area (Å²) in [6.07, 6.45) is 11.9. The van der Waals surface area contributed by atoms with Gasteiger partial charge in [-0.15, -0.1) is 0 Å². The summed E-state index contributed by atoms with van der Waals surface area (Å²) in [7, 11) is 0. The van der Waals surface area contributed by atoms with E-state index in [1.165, 1.54) is 0 Å². The van der Waals surface area contributed by atoms with Crippen molar-refractivity contribution in [2.45, 2.75) is 79.4 Å². The van der Waals surface area contributed by atoms with Crippen molar-refractivity contribution in [3.05, 3.63) is 24.3 Å². The number of hydrogen-bond donors (Lipinski definition) is 0. The Labute approximate surface area is 149 Å². The van der Waals surface area contributed by atoms with Crippen LogP contribution in [0.3, 0.4) is 0 Å². The van der Waals surface area contributed by atoms with Crippen molar-refractivity contribution in [2.75, 3.05) is 13.2 Å². The molecule has 0 amide bonds. The second-order valence-corrected chi connectivity index (χ2v) is 9.86. The highest BCUT2D eigenvalue weighted by molar-refractivity contribution is 5.14. The molecule has 0 bridgehead atoms. The Morgan fingerprint density at radius 2 is 1.04 bits per heavy atom. The van der Waals surface area contributed by atoms with Gasteiger partial charge in [0.05, 0.1) is 11.2 Å². The summed E-state index contributed by atoms with van der Waals surface area (Å²) >= 11 is 0. The summed E-state index contributed by atoms with van der Waals surface area (Å²) in [6, 6.07) is 0. The van der Waals surface area contributed by atoms with Crippen molar-refractivity contribution in [3.8, 4) is 0 Å². The molecule has 0 saturated carbocycles. The zero-order valence-corrected chi connectivity index (χ0v) is 17.1. The van der Waals surface area contributed by atoms with Gasteiger partial charge in [0.2, 0.25) is 0 Å². The Kier molecular flexibility index (Phi) is 5.43. The van der Waals surface area contributed by atoms with E-state index in [0.29, 0.717) is 11.8 Å². The highest BCUT2D eigenvalue weighted by atomic mass is 16.5. The molecular weight excluding hydrogens is 296 g/mol. The molecule has 0 aromatic rings. The Morgan fingerprint density at radius 3 is 1.29 bits per heavy atom. The molecule has 2 aliphatic rings. The maximum Gasteiger partial charge on any atom is 0.0689 e. The van der Waals surface area contributed by atoms with Crippen LogP contribution in [0.15, 0.2) is 24.3 Å². The SMILES string of the molecule is CC1(C)OCCC1/C=C/C(C)(C)C(C)(C)/C=C/C1CCOC1(C)C. The lowest BCUT2D eigenvalue weighted by Crippen LogP contribution is -2.31. The summed E-state index contributed by atoms with van der Waals surface area (Å²) in [4.78, 5) is 0. The van der Waals surface area contributed by atoms with E-state index in [2.05, 4.69) is 79.7 Å². The van der Waals surface area contributed by atoms with E-state index in [0.717, 1.165) is 26.1 Å². The molecule has 2 atom stereocenters. The standard InChI is InChI=1S/C22H38O2/c1-19(2,13-9-17-11-15-23-21(17,5)6)20(3,4)14-10-18-12-16-24-22(18,7)8/h9-10,13-14,17-18H,11-12,15-16H2,1-8H3/b13-9+,14-10+. The van der Waals surface area contributed by atoms with Crippen molar-refractivity contribution < 1.29 is 9.47 Å². The maximum atomic E-state index is 5.86. The lowest BCUT2D eigenvalue weighted by Gasteiger charge is -2.38. The molecule has 2 nitrogen and oxygen atoms in total. The first-order valence-electron chi connectivity index (χ1n) is 9.54. The average Bonchev–Trinajstić information content (AvgIpc) is 2.95. The minimum absolute atomic E-state index is 0.0300. The monoisotopic (exact) mass is 334 g/mol. The van der Waals surface area contributed by atoms with E-state index in [1.807, 2.05) is 0 Å². The summed E-state index contributed by atoms with van der Waals surface area (Å²) in [5.74, 6) is 1.03. The van der Waals surface area contributed by atoms with Gasteiger partial charge >= 0.3 is 0 Å². The molecule has 2 saturated heterocycles. The quantitative estimate of drug-likeness (QED) is 0.593. The molecule has 138 valence electrons. The molecule has 0 aliphatic carbocycles. The number of allylic oxidation sites excluding steroid dienone is 2. The van der Waals surface area contributed by atoms with Crippen molar-refractivity contribution in [1.82, 2.24) is 0 Å². The highest BCUT2D eigenvalue weighted by Gasteiger charge is 2.38. The van der Waals surface area contributed by atoms with Crippen LogP contribution in [-0.2, 0) is 9.47 Å². The molecule has 2 fully saturated rings. The maximum absolute atomic E-state index is 5.86. The normalized spacial score (nSPS) is 30.7. The van der Waals surface area contributed by atoms with Gasteiger partial charge in [-0.1, -0.05) is 52.0 Å². The third-order valence-electron chi connectivity index (χ3n) is 6.74. The molecule has 0 spiro atoms. The van der Waals surface area contributed by atoms with Crippen LogP contribution in [-0.4, -0.2) is 24.4 Å². The van der Waals surface area contributed by atoms with Crippen LogP contribution in [0.5, 0.6) is 0 Å². The predicted octanol–water partition coefficient (Wildman–Crippen LogP) is 5.78. The van der Waals surface area contributed by atoms with Crippen molar-refractivity contribution in [1.29, 1.82) is 0 Å². The molecule has 2 heteroatoms. The Morgan fingerprint density at radius 1 is 0.708 bits per heavy atom. The van der Waals surface area contributed by atoms with Crippen LogP contribution >= 0.6 is 0 Å². The smallest absolute Gasteiger partial charge is 0.0689 e. The molecule has 0 aromatic heterocycles. The number of ether oxygens (including phenoxy) is 2. The van der Waals surface area contributed by atoms with E-state index >= 15 is 0 Å². The van der Waals surface area contributed by atoms with Crippen LogP contribution in [0, 0.1) is 22.7 Å². The fourth-order valence-electron chi connectivity index (χ4n) is 3.61. The first-order chi connectivity index (χ1) is 10.9. The molecule has 0 radical (unpaired) electrons. The summed E-state index contributed by atoms with van der Waals surface area (Å²) in [5, 5.41) is 0. The van der Waals surface area contributed by atoms with Crippen LogP contribution in [0.4, 0.5) is 0 Å². The van der Waals surface area contributed by atoms with Gasteiger partial charge < -0.3 is 9.47 Å². The fourth-order valence-corrected chi connectivity index (χ4v) is 3.61. The second kappa shape index (κ2) is 6.61. The minimum Gasteiger partial charge on any atom is -0.375 e. The predicted molar refractivity (Wildman–Crippen MR) is 102 cm³/mol. The van der Waals surface area contributed by atoms with Gasteiger partial charge in [-0.2, -0.15) is 0 Å². The molecule has 0 aromatic carbocycles. The first-order valence-corrected chi connectivity index (χ1v) is 9.54. The van der Waals surface area contributed by atoms with E-state index in [-0.39, 0.29) is 22.0 Å². The van der Waals surface area contributed by atoms with Gasteiger partial charge in [-0.05, 0) is 51.4 Å².